The van der Waals surface area contributed by atoms with Gasteiger partial charge in [0.15, 0.2) is 0 Å². The maximum Gasteiger partial charge on any atom is 0.264 e. The first-order chi connectivity index (χ1) is 10.7. The van der Waals surface area contributed by atoms with E-state index in [2.05, 4.69) is 4.98 Å². The molecule has 0 spiro atoms. The molecule has 0 unspecified atom stereocenters. The molecule has 0 aromatic carbocycles. The summed E-state index contributed by atoms with van der Waals surface area (Å²) in [4.78, 5) is 5.85. The van der Waals surface area contributed by atoms with Crippen LogP contribution in [-0.2, 0) is 23.6 Å². The summed E-state index contributed by atoms with van der Waals surface area (Å²) in [5.74, 6) is 1.32. The number of imidazole rings is 1. The van der Waals surface area contributed by atoms with Gasteiger partial charge in [0, 0.05) is 20.1 Å². The van der Waals surface area contributed by atoms with Crippen LogP contribution in [0.5, 0.6) is 0 Å². The molecule has 0 saturated heterocycles. The lowest BCUT2D eigenvalue weighted by atomic mass is 10.4. The SMILES string of the molecule is Cc1ccc(CN(CCN(C)C)S(=O)(=O)c2ncn(C)c2Cl)o1. The van der Waals surface area contributed by atoms with Gasteiger partial charge in [-0.05, 0) is 33.2 Å². The Morgan fingerprint density at radius 3 is 2.48 bits per heavy atom. The van der Waals surface area contributed by atoms with Gasteiger partial charge in [0.2, 0.25) is 5.03 Å². The van der Waals surface area contributed by atoms with Gasteiger partial charge in [0.05, 0.1) is 12.9 Å². The monoisotopic (exact) mass is 360 g/mol. The van der Waals surface area contributed by atoms with Crippen LogP contribution in [0.2, 0.25) is 5.15 Å². The predicted molar refractivity (Wildman–Crippen MR) is 87.8 cm³/mol. The van der Waals surface area contributed by atoms with Gasteiger partial charge in [-0.1, -0.05) is 11.6 Å². The topological polar surface area (TPSA) is 71.6 Å². The number of rotatable bonds is 7. The van der Waals surface area contributed by atoms with E-state index in [1.165, 1.54) is 15.2 Å². The molecule has 2 aromatic rings. The van der Waals surface area contributed by atoms with Crippen molar-refractivity contribution in [3.8, 4) is 0 Å². The minimum atomic E-state index is -3.81. The second-order valence-corrected chi connectivity index (χ2v) is 7.82. The van der Waals surface area contributed by atoms with E-state index >= 15 is 0 Å². The highest BCUT2D eigenvalue weighted by molar-refractivity contribution is 7.89. The Bertz CT molecular complexity index is 767. The molecule has 0 N–H and O–H groups in total. The number of furan rings is 1. The Labute approximate surface area is 141 Å². The van der Waals surface area contributed by atoms with Crippen LogP contribution in [0.4, 0.5) is 0 Å². The quantitative estimate of drug-likeness (QED) is 0.752. The van der Waals surface area contributed by atoms with Crippen molar-refractivity contribution in [2.24, 2.45) is 7.05 Å². The van der Waals surface area contributed by atoms with Gasteiger partial charge < -0.3 is 13.9 Å². The Kier molecular flexibility index (Phi) is 5.51. The van der Waals surface area contributed by atoms with E-state index < -0.39 is 10.0 Å². The maximum absolute atomic E-state index is 12.9. The molecular weight excluding hydrogens is 340 g/mol. The van der Waals surface area contributed by atoms with Gasteiger partial charge in [0.1, 0.15) is 16.7 Å². The third-order valence-corrected chi connectivity index (χ3v) is 5.68. The summed E-state index contributed by atoms with van der Waals surface area (Å²) >= 11 is 6.07. The fraction of sp³-hybridized carbons (Fsp3) is 0.500. The number of hydrogen-bond donors (Lipinski definition) is 0. The Hall–Kier alpha value is -1.35. The number of hydrogen-bond acceptors (Lipinski definition) is 5. The van der Waals surface area contributed by atoms with Gasteiger partial charge in [0.25, 0.3) is 10.0 Å². The van der Waals surface area contributed by atoms with Gasteiger partial charge >= 0.3 is 0 Å². The van der Waals surface area contributed by atoms with E-state index in [9.17, 15) is 8.42 Å². The zero-order chi connectivity index (χ0) is 17.2. The standard InChI is InChI=1S/C14H21ClN4O3S/c1-11-5-6-12(22-11)9-19(8-7-17(2)3)23(20,21)14-13(15)18(4)10-16-14/h5-6,10H,7-9H2,1-4H3. The Morgan fingerprint density at radius 1 is 1.30 bits per heavy atom. The lowest BCUT2D eigenvalue weighted by Gasteiger charge is -2.22. The van der Waals surface area contributed by atoms with Crippen molar-refractivity contribution in [3.63, 3.8) is 0 Å². The summed E-state index contributed by atoms with van der Waals surface area (Å²) < 4.78 is 34.1. The van der Waals surface area contributed by atoms with Crippen LogP contribution in [0.15, 0.2) is 27.9 Å². The molecule has 2 rings (SSSR count). The molecule has 9 heteroatoms. The number of halogens is 1. The minimum absolute atomic E-state index is 0.0930. The van der Waals surface area contributed by atoms with E-state index in [-0.39, 0.29) is 16.7 Å². The van der Waals surface area contributed by atoms with Crippen molar-refractivity contribution in [3.05, 3.63) is 35.1 Å². The normalized spacial score (nSPS) is 12.5. The highest BCUT2D eigenvalue weighted by Crippen LogP contribution is 2.24. The highest BCUT2D eigenvalue weighted by atomic mass is 35.5. The van der Waals surface area contributed by atoms with E-state index in [0.717, 1.165) is 5.76 Å². The Balaban J connectivity index is 2.33. The van der Waals surface area contributed by atoms with Crippen molar-refractivity contribution >= 4 is 21.6 Å². The van der Waals surface area contributed by atoms with Crippen LogP contribution in [0.1, 0.15) is 11.5 Å². The first-order valence-corrected chi connectivity index (χ1v) is 8.90. The maximum atomic E-state index is 12.9. The van der Waals surface area contributed by atoms with Crippen LogP contribution in [0, 0.1) is 6.92 Å². The molecule has 2 heterocycles. The van der Waals surface area contributed by atoms with E-state index in [0.29, 0.717) is 18.8 Å². The Morgan fingerprint density at radius 2 is 2.00 bits per heavy atom. The minimum Gasteiger partial charge on any atom is -0.465 e. The second-order valence-electron chi connectivity index (χ2n) is 5.61. The summed E-state index contributed by atoms with van der Waals surface area (Å²) in [5, 5.41) is -0.0424. The third-order valence-electron chi connectivity index (χ3n) is 3.34. The molecule has 0 saturated carbocycles. The highest BCUT2D eigenvalue weighted by Gasteiger charge is 2.30. The molecule has 0 aliphatic heterocycles. The summed E-state index contributed by atoms with van der Waals surface area (Å²) in [6.07, 6.45) is 1.39. The van der Waals surface area contributed by atoms with Gasteiger partial charge in [-0.2, -0.15) is 4.31 Å². The molecule has 23 heavy (non-hydrogen) atoms. The van der Waals surface area contributed by atoms with Crippen LogP contribution >= 0.6 is 11.6 Å². The van der Waals surface area contributed by atoms with Crippen molar-refractivity contribution in [2.75, 3.05) is 27.2 Å². The van der Waals surface area contributed by atoms with E-state index in [1.807, 2.05) is 25.9 Å². The summed E-state index contributed by atoms with van der Waals surface area (Å²) in [6.45, 7) is 2.83. The van der Waals surface area contributed by atoms with Crippen molar-refractivity contribution in [1.82, 2.24) is 18.8 Å². The molecule has 0 atom stereocenters. The van der Waals surface area contributed by atoms with Gasteiger partial charge in [-0.25, -0.2) is 13.4 Å². The van der Waals surface area contributed by atoms with Crippen LogP contribution < -0.4 is 0 Å². The average molecular weight is 361 g/mol. The summed E-state index contributed by atoms with van der Waals surface area (Å²) in [7, 11) is 1.60. The molecule has 2 aromatic heterocycles. The first kappa shape index (κ1) is 18.0. The molecule has 0 aliphatic carbocycles. The summed E-state index contributed by atoms with van der Waals surface area (Å²) in [5.41, 5.74) is 0. The molecule has 0 bridgehead atoms. The first-order valence-electron chi connectivity index (χ1n) is 7.09. The number of likely N-dealkylation sites (N-methyl/N-ethyl adjacent to an activating group) is 1. The van der Waals surface area contributed by atoms with Gasteiger partial charge in [-0.15, -0.1) is 0 Å². The van der Waals surface area contributed by atoms with Gasteiger partial charge in [-0.3, -0.25) is 0 Å². The van der Waals surface area contributed by atoms with E-state index in [1.54, 1.807) is 19.2 Å². The lowest BCUT2D eigenvalue weighted by molar-refractivity contribution is 0.309. The van der Waals surface area contributed by atoms with Crippen LogP contribution in [-0.4, -0.2) is 54.4 Å². The molecule has 0 radical (unpaired) electrons. The zero-order valence-corrected chi connectivity index (χ0v) is 15.2. The molecule has 0 amide bonds. The van der Waals surface area contributed by atoms with Crippen molar-refractivity contribution in [1.29, 1.82) is 0 Å². The van der Waals surface area contributed by atoms with Crippen molar-refractivity contribution < 1.29 is 12.8 Å². The van der Waals surface area contributed by atoms with Crippen LogP contribution in [0.25, 0.3) is 0 Å². The van der Waals surface area contributed by atoms with E-state index in [4.69, 9.17) is 16.0 Å². The molecular formula is C14H21ClN4O3S. The average Bonchev–Trinajstić information content (AvgIpc) is 3.01. The molecule has 0 fully saturated rings. The number of aryl methyl sites for hydroxylation is 2. The largest absolute Gasteiger partial charge is 0.465 e. The third kappa shape index (κ3) is 4.14. The number of aromatic nitrogens is 2. The van der Waals surface area contributed by atoms with Crippen LogP contribution in [0.3, 0.4) is 0 Å². The molecule has 128 valence electrons. The fourth-order valence-corrected chi connectivity index (χ4v) is 3.81. The number of sulfonamides is 1. The summed E-state index contributed by atoms with van der Waals surface area (Å²) in [6, 6.07) is 3.58. The number of nitrogens with zero attached hydrogens (tertiary/aromatic N) is 4. The lowest BCUT2D eigenvalue weighted by Crippen LogP contribution is -2.36. The molecule has 7 nitrogen and oxygen atoms in total. The predicted octanol–water partition coefficient (Wildman–Crippen LogP) is 1.73. The fourth-order valence-electron chi connectivity index (χ4n) is 2.03. The molecule has 0 aliphatic rings. The smallest absolute Gasteiger partial charge is 0.264 e. The zero-order valence-electron chi connectivity index (χ0n) is 13.7. The van der Waals surface area contributed by atoms with Crippen molar-refractivity contribution in [2.45, 2.75) is 18.5 Å². The second kappa shape index (κ2) is 7.04.